The fourth-order valence-electron chi connectivity index (χ4n) is 2.11. The number of sulfone groups is 1. The average molecular weight is 363 g/mol. The van der Waals surface area contributed by atoms with Crippen molar-refractivity contribution in [2.75, 3.05) is 6.26 Å². The van der Waals surface area contributed by atoms with Crippen LogP contribution in [0.1, 0.15) is 34.5 Å². The number of halogens is 1. The van der Waals surface area contributed by atoms with Crippen molar-refractivity contribution in [3.63, 3.8) is 0 Å². The molecule has 0 radical (unpaired) electrons. The molecule has 0 saturated carbocycles. The van der Waals surface area contributed by atoms with E-state index in [0.29, 0.717) is 5.56 Å². The topological polar surface area (TPSA) is 87.0 Å². The third-order valence-electron chi connectivity index (χ3n) is 3.50. The molecule has 0 aliphatic rings. The summed E-state index contributed by atoms with van der Waals surface area (Å²) in [4.78, 5) is 12.4. The van der Waals surface area contributed by atoms with Crippen molar-refractivity contribution in [2.24, 2.45) is 0 Å². The summed E-state index contributed by atoms with van der Waals surface area (Å²) in [7, 11) is -3.43. The molecule has 2 aromatic rings. The number of benzene rings is 2. The van der Waals surface area contributed by atoms with Gasteiger partial charge in [0.1, 0.15) is 0 Å². The molecule has 0 spiro atoms. The Labute approximate surface area is 145 Å². The minimum atomic E-state index is -3.43. The second-order valence-corrected chi connectivity index (χ2v) is 7.77. The van der Waals surface area contributed by atoms with Crippen LogP contribution in [0.15, 0.2) is 47.4 Å². The number of rotatable bonds is 4. The zero-order valence-corrected chi connectivity index (χ0v) is 14.6. The van der Waals surface area contributed by atoms with Gasteiger partial charge in [0.15, 0.2) is 9.84 Å². The van der Waals surface area contributed by atoms with Gasteiger partial charge in [-0.2, -0.15) is 5.26 Å². The van der Waals surface area contributed by atoms with E-state index >= 15 is 0 Å². The van der Waals surface area contributed by atoms with Gasteiger partial charge >= 0.3 is 0 Å². The Morgan fingerprint density at radius 3 is 2.38 bits per heavy atom. The second kappa shape index (κ2) is 7.04. The first-order valence-corrected chi connectivity index (χ1v) is 9.30. The second-order valence-electron chi connectivity index (χ2n) is 5.34. The van der Waals surface area contributed by atoms with Crippen LogP contribution in [0.2, 0.25) is 5.02 Å². The molecule has 1 atom stereocenters. The van der Waals surface area contributed by atoms with E-state index in [1.54, 1.807) is 31.2 Å². The van der Waals surface area contributed by atoms with Crippen LogP contribution in [-0.4, -0.2) is 20.6 Å². The standard InChI is InChI=1S/C17H15ClN2O3S/c1-11(13-5-3-12(10-19)4-6-13)20-17(21)15-9-14(24(2,22)23)7-8-16(15)18/h3-9,11H,1-2H3,(H,20,21). The molecule has 24 heavy (non-hydrogen) atoms. The van der Waals surface area contributed by atoms with E-state index in [0.717, 1.165) is 11.8 Å². The number of nitrogens with zero attached hydrogens (tertiary/aromatic N) is 1. The van der Waals surface area contributed by atoms with Crippen molar-refractivity contribution >= 4 is 27.3 Å². The molecule has 1 amide bonds. The molecule has 0 aliphatic carbocycles. The lowest BCUT2D eigenvalue weighted by atomic mass is 10.1. The summed E-state index contributed by atoms with van der Waals surface area (Å²) in [5.41, 5.74) is 1.44. The van der Waals surface area contributed by atoms with E-state index in [9.17, 15) is 13.2 Å². The highest BCUT2D eigenvalue weighted by Gasteiger charge is 2.17. The van der Waals surface area contributed by atoms with Crippen LogP contribution in [0.4, 0.5) is 0 Å². The van der Waals surface area contributed by atoms with Crippen molar-refractivity contribution in [1.82, 2.24) is 5.32 Å². The summed E-state index contributed by atoms with van der Waals surface area (Å²) >= 11 is 6.02. The Balaban J connectivity index is 2.24. The van der Waals surface area contributed by atoms with Crippen molar-refractivity contribution in [1.29, 1.82) is 5.26 Å². The third kappa shape index (κ3) is 4.13. The van der Waals surface area contributed by atoms with Crippen LogP contribution < -0.4 is 5.32 Å². The summed E-state index contributed by atoms with van der Waals surface area (Å²) < 4.78 is 23.2. The van der Waals surface area contributed by atoms with Gasteiger partial charge in [-0.25, -0.2) is 8.42 Å². The quantitative estimate of drug-likeness (QED) is 0.905. The minimum Gasteiger partial charge on any atom is -0.345 e. The number of hydrogen-bond acceptors (Lipinski definition) is 4. The van der Waals surface area contributed by atoms with Gasteiger partial charge in [0.2, 0.25) is 0 Å². The van der Waals surface area contributed by atoms with Crippen LogP contribution >= 0.6 is 11.6 Å². The number of nitrogens with one attached hydrogen (secondary N) is 1. The van der Waals surface area contributed by atoms with Crippen LogP contribution in [0.25, 0.3) is 0 Å². The molecule has 0 bridgehead atoms. The maximum Gasteiger partial charge on any atom is 0.253 e. The van der Waals surface area contributed by atoms with E-state index in [1.165, 1.54) is 18.2 Å². The van der Waals surface area contributed by atoms with Gasteiger partial charge in [0.25, 0.3) is 5.91 Å². The monoisotopic (exact) mass is 362 g/mol. The normalized spacial score (nSPS) is 12.2. The maximum atomic E-state index is 12.4. The Morgan fingerprint density at radius 2 is 1.83 bits per heavy atom. The Morgan fingerprint density at radius 1 is 1.21 bits per heavy atom. The molecular weight excluding hydrogens is 348 g/mol. The van der Waals surface area contributed by atoms with Gasteiger partial charge in [0, 0.05) is 6.26 Å². The minimum absolute atomic E-state index is 0.0306. The highest BCUT2D eigenvalue weighted by atomic mass is 35.5. The number of carbonyl (C=O) groups is 1. The molecule has 0 fully saturated rings. The summed E-state index contributed by atoms with van der Waals surface area (Å²) in [6.07, 6.45) is 1.07. The lowest BCUT2D eigenvalue weighted by Crippen LogP contribution is -2.27. The Hall–Kier alpha value is -2.36. The van der Waals surface area contributed by atoms with Crippen molar-refractivity contribution < 1.29 is 13.2 Å². The molecule has 7 heteroatoms. The lowest BCUT2D eigenvalue weighted by Gasteiger charge is -2.15. The fraction of sp³-hybridized carbons (Fsp3) is 0.176. The highest BCUT2D eigenvalue weighted by Crippen LogP contribution is 2.22. The smallest absolute Gasteiger partial charge is 0.253 e. The molecule has 1 unspecified atom stereocenters. The fourth-order valence-corrected chi connectivity index (χ4v) is 2.96. The lowest BCUT2D eigenvalue weighted by molar-refractivity contribution is 0.0940. The molecule has 5 nitrogen and oxygen atoms in total. The van der Waals surface area contributed by atoms with Gasteiger partial charge in [-0.05, 0) is 42.8 Å². The molecule has 0 aromatic heterocycles. The van der Waals surface area contributed by atoms with Crippen molar-refractivity contribution in [3.8, 4) is 6.07 Å². The predicted octanol–water partition coefficient (Wildman–Crippen LogP) is 3.11. The van der Waals surface area contributed by atoms with E-state index in [-0.39, 0.29) is 21.5 Å². The first-order chi connectivity index (χ1) is 11.2. The summed E-state index contributed by atoms with van der Waals surface area (Å²) in [5.74, 6) is -0.470. The van der Waals surface area contributed by atoms with E-state index in [2.05, 4.69) is 5.32 Å². The first-order valence-electron chi connectivity index (χ1n) is 7.03. The summed E-state index contributed by atoms with van der Waals surface area (Å²) in [5, 5.41) is 11.7. The van der Waals surface area contributed by atoms with Crippen LogP contribution in [0.3, 0.4) is 0 Å². The van der Waals surface area contributed by atoms with Crippen LogP contribution in [0, 0.1) is 11.3 Å². The number of nitriles is 1. The first kappa shape index (κ1) is 18.0. The third-order valence-corrected chi connectivity index (χ3v) is 4.94. The summed E-state index contributed by atoms with van der Waals surface area (Å²) in [6.45, 7) is 1.79. The molecular formula is C17H15ClN2O3S. The maximum absolute atomic E-state index is 12.4. The van der Waals surface area contributed by atoms with Gasteiger partial charge in [-0.3, -0.25) is 4.79 Å². The van der Waals surface area contributed by atoms with E-state index < -0.39 is 15.7 Å². The van der Waals surface area contributed by atoms with Gasteiger partial charge in [-0.15, -0.1) is 0 Å². The zero-order valence-electron chi connectivity index (χ0n) is 13.1. The molecule has 0 aliphatic heterocycles. The molecule has 2 rings (SSSR count). The molecule has 124 valence electrons. The van der Waals surface area contributed by atoms with Gasteiger partial charge in [0.05, 0.1) is 33.2 Å². The number of amides is 1. The summed E-state index contributed by atoms with van der Waals surface area (Å²) in [6, 6.07) is 12.5. The average Bonchev–Trinajstić information content (AvgIpc) is 2.54. The molecule has 1 N–H and O–H groups in total. The Bertz CT molecular complexity index is 916. The van der Waals surface area contributed by atoms with Crippen molar-refractivity contribution in [2.45, 2.75) is 17.9 Å². The number of carbonyl (C=O) groups excluding carboxylic acids is 1. The van der Waals surface area contributed by atoms with Crippen LogP contribution in [0.5, 0.6) is 0 Å². The highest BCUT2D eigenvalue weighted by molar-refractivity contribution is 7.90. The van der Waals surface area contributed by atoms with Gasteiger partial charge in [-0.1, -0.05) is 23.7 Å². The molecule has 2 aromatic carbocycles. The van der Waals surface area contributed by atoms with Crippen LogP contribution in [-0.2, 0) is 9.84 Å². The largest absolute Gasteiger partial charge is 0.345 e. The van der Waals surface area contributed by atoms with Crippen molar-refractivity contribution in [3.05, 3.63) is 64.2 Å². The predicted molar refractivity (Wildman–Crippen MR) is 91.6 cm³/mol. The van der Waals surface area contributed by atoms with Gasteiger partial charge < -0.3 is 5.32 Å². The molecule has 0 heterocycles. The SMILES string of the molecule is CC(NC(=O)c1cc(S(C)(=O)=O)ccc1Cl)c1ccc(C#N)cc1. The number of hydrogen-bond donors (Lipinski definition) is 1. The molecule has 0 saturated heterocycles. The van der Waals surface area contributed by atoms with E-state index in [4.69, 9.17) is 16.9 Å². The zero-order chi connectivity index (χ0) is 17.9. The van der Waals surface area contributed by atoms with E-state index in [1.807, 2.05) is 6.07 Å². The Kier molecular flexibility index (Phi) is 5.27.